The third-order valence-corrected chi connectivity index (χ3v) is 3.53. The molecule has 0 bridgehead atoms. The molecule has 1 heterocycles. The number of nitrogens with zero attached hydrogens (tertiary/aromatic N) is 3. The van der Waals surface area contributed by atoms with Gasteiger partial charge < -0.3 is 0 Å². The molecule has 3 heteroatoms. The lowest BCUT2D eigenvalue weighted by atomic mass is 10.2. The Morgan fingerprint density at radius 1 is 1.18 bits per heavy atom. The highest BCUT2D eigenvalue weighted by Crippen LogP contribution is 2.27. The van der Waals surface area contributed by atoms with Gasteiger partial charge in [0.1, 0.15) is 5.82 Å². The second kappa shape index (κ2) is 5.82. The molecule has 0 aliphatic rings. The van der Waals surface area contributed by atoms with Crippen molar-refractivity contribution in [1.82, 2.24) is 9.55 Å². The number of para-hydroxylation sites is 1. The highest BCUT2D eigenvalue weighted by Gasteiger charge is 2.14. The largest absolute Gasteiger partial charge is 0.292 e. The van der Waals surface area contributed by atoms with Crippen LogP contribution in [-0.4, -0.2) is 16.3 Å². The van der Waals surface area contributed by atoms with Crippen LogP contribution in [0, 0.1) is 6.92 Å². The number of aromatic nitrogens is 2. The number of imidazole rings is 1. The molecule has 0 atom stereocenters. The van der Waals surface area contributed by atoms with Gasteiger partial charge in [-0.1, -0.05) is 36.9 Å². The fourth-order valence-corrected chi connectivity index (χ4v) is 2.52. The molecule has 0 radical (unpaired) electrons. The van der Waals surface area contributed by atoms with E-state index in [9.17, 15) is 0 Å². The van der Waals surface area contributed by atoms with E-state index in [1.54, 1.807) is 12.3 Å². The normalized spacial score (nSPS) is 11.6. The van der Waals surface area contributed by atoms with E-state index in [2.05, 4.69) is 54.0 Å². The first-order chi connectivity index (χ1) is 10.7. The van der Waals surface area contributed by atoms with Crippen molar-refractivity contribution in [3.05, 3.63) is 78.8 Å². The quantitative estimate of drug-likeness (QED) is 0.511. The predicted octanol–water partition coefficient (Wildman–Crippen LogP) is 4.56. The van der Waals surface area contributed by atoms with Crippen molar-refractivity contribution in [2.24, 2.45) is 4.99 Å². The molecule has 2 aromatic carbocycles. The lowest BCUT2D eigenvalue weighted by molar-refractivity contribution is 1.05. The van der Waals surface area contributed by atoms with Gasteiger partial charge in [-0.25, -0.2) is 4.98 Å². The van der Waals surface area contributed by atoms with Crippen LogP contribution >= 0.6 is 0 Å². The van der Waals surface area contributed by atoms with Crippen molar-refractivity contribution in [2.75, 3.05) is 0 Å². The smallest absolute Gasteiger partial charge is 0.147 e. The Labute approximate surface area is 130 Å². The molecule has 3 rings (SSSR count). The van der Waals surface area contributed by atoms with E-state index < -0.39 is 0 Å². The molecule has 0 N–H and O–H groups in total. The number of aryl methyl sites for hydroxylation is 1. The molecule has 0 saturated carbocycles. The molecule has 22 heavy (non-hydrogen) atoms. The second-order valence-electron chi connectivity index (χ2n) is 5.07. The molecule has 0 aliphatic carbocycles. The minimum atomic E-state index is 0.814. The number of aliphatic imine (C=N–C) groups is 1. The monoisotopic (exact) mass is 287 g/mol. The highest BCUT2D eigenvalue weighted by atomic mass is 15.1. The summed E-state index contributed by atoms with van der Waals surface area (Å²) in [6.07, 6.45) is 3.43. The van der Waals surface area contributed by atoms with Gasteiger partial charge >= 0.3 is 0 Å². The van der Waals surface area contributed by atoms with E-state index in [4.69, 9.17) is 4.98 Å². The zero-order valence-electron chi connectivity index (χ0n) is 12.5. The van der Waals surface area contributed by atoms with Gasteiger partial charge in [-0.15, -0.1) is 0 Å². The van der Waals surface area contributed by atoms with Gasteiger partial charge in [-0.05, 0) is 43.5 Å². The molecule has 108 valence electrons. The van der Waals surface area contributed by atoms with Crippen molar-refractivity contribution in [3.63, 3.8) is 0 Å². The second-order valence-corrected chi connectivity index (χ2v) is 5.07. The molecule has 0 spiro atoms. The van der Waals surface area contributed by atoms with Gasteiger partial charge in [0.05, 0.1) is 11.0 Å². The van der Waals surface area contributed by atoms with Gasteiger partial charge in [0, 0.05) is 17.5 Å². The highest BCUT2D eigenvalue weighted by molar-refractivity contribution is 5.84. The number of allylic oxidation sites excluding steroid dienone is 2. The van der Waals surface area contributed by atoms with Crippen molar-refractivity contribution in [2.45, 2.75) is 6.92 Å². The first-order valence-corrected chi connectivity index (χ1v) is 7.08. The maximum absolute atomic E-state index is 4.76. The van der Waals surface area contributed by atoms with Crippen LogP contribution < -0.4 is 0 Å². The molecule has 3 aromatic rings. The molecule has 0 saturated heterocycles. The Bertz CT molecular complexity index is 870. The molecule has 0 aliphatic heterocycles. The van der Waals surface area contributed by atoms with E-state index in [1.165, 1.54) is 5.56 Å². The zero-order chi connectivity index (χ0) is 15.5. The topological polar surface area (TPSA) is 30.2 Å². The summed E-state index contributed by atoms with van der Waals surface area (Å²) >= 11 is 0. The van der Waals surface area contributed by atoms with Gasteiger partial charge in [0.2, 0.25) is 0 Å². The summed E-state index contributed by atoms with van der Waals surface area (Å²) < 4.78 is 2.13. The van der Waals surface area contributed by atoms with E-state index in [-0.39, 0.29) is 0 Å². The SMILES string of the molecule is C=C/C(=C\N=C)c1nc2ccc(C)cc2n1-c1ccccc1. The Hall–Kier alpha value is -2.94. The minimum absolute atomic E-state index is 0.814. The van der Waals surface area contributed by atoms with Crippen molar-refractivity contribution >= 4 is 23.3 Å². The van der Waals surface area contributed by atoms with Crippen LogP contribution in [0.5, 0.6) is 0 Å². The van der Waals surface area contributed by atoms with Gasteiger partial charge in [-0.2, -0.15) is 0 Å². The fraction of sp³-hybridized carbons (Fsp3) is 0.0526. The van der Waals surface area contributed by atoms with E-state index in [0.29, 0.717) is 0 Å². The summed E-state index contributed by atoms with van der Waals surface area (Å²) in [7, 11) is 0. The van der Waals surface area contributed by atoms with Gasteiger partial charge in [0.15, 0.2) is 0 Å². The number of hydrogen-bond donors (Lipinski definition) is 0. The molecule has 1 aromatic heterocycles. The standard InChI is InChI=1S/C19H17N3/c1-4-15(13-20-3)19-21-17-11-10-14(2)12-18(17)22(19)16-8-6-5-7-9-16/h4-13H,1,3H2,2H3/b15-13+. The minimum Gasteiger partial charge on any atom is -0.292 e. The fourth-order valence-electron chi connectivity index (χ4n) is 2.52. The summed E-state index contributed by atoms with van der Waals surface area (Å²) in [5.74, 6) is 0.814. The first-order valence-electron chi connectivity index (χ1n) is 7.08. The number of hydrogen-bond acceptors (Lipinski definition) is 2. The Balaban J connectivity index is 2.39. The van der Waals surface area contributed by atoms with Crippen LogP contribution in [0.1, 0.15) is 11.4 Å². The lowest BCUT2D eigenvalue weighted by Crippen LogP contribution is -1.99. The molecule has 0 unspecified atom stereocenters. The summed E-state index contributed by atoms with van der Waals surface area (Å²) in [5.41, 5.74) is 5.11. The summed E-state index contributed by atoms with van der Waals surface area (Å²) in [4.78, 5) is 8.62. The Morgan fingerprint density at radius 3 is 2.64 bits per heavy atom. The summed E-state index contributed by atoms with van der Waals surface area (Å²) in [5, 5.41) is 0. The van der Waals surface area contributed by atoms with Crippen molar-refractivity contribution < 1.29 is 0 Å². The predicted molar refractivity (Wildman–Crippen MR) is 93.5 cm³/mol. The average Bonchev–Trinajstić information content (AvgIpc) is 2.91. The van der Waals surface area contributed by atoms with Crippen molar-refractivity contribution in [1.29, 1.82) is 0 Å². The summed E-state index contributed by atoms with van der Waals surface area (Å²) in [6, 6.07) is 16.4. The Kier molecular flexibility index (Phi) is 3.71. The molecular weight excluding hydrogens is 270 g/mol. The van der Waals surface area contributed by atoms with Crippen LogP contribution in [0.15, 0.2) is 72.4 Å². The van der Waals surface area contributed by atoms with Crippen LogP contribution in [-0.2, 0) is 0 Å². The van der Waals surface area contributed by atoms with Gasteiger partial charge in [-0.3, -0.25) is 9.56 Å². The first kappa shape index (κ1) is 14.0. The molecule has 3 nitrogen and oxygen atoms in total. The Morgan fingerprint density at radius 2 is 1.95 bits per heavy atom. The van der Waals surface area contributed by atoms with Crippen LogP contribution in [0.3, 0.4) is 0 Å². The van der Waals surface area contributed by atoms with Gasteiger partial charge in [0.25, 0.3) is 0 Å². The number of rotatable bonds is 4. The maximum Gasteiger partial charge on any atom is 0.147 e. The average molecular weight is 287 g/mol. The molecular formula is C19H17N3. The lowest BCUT2D eigenvalue weighted by Gasteiger charge is -2.09. The van der Waals surface area contributed by atoms with Crippen LogP contribution in [0.25, 0.3) is 22.3 Å². The number of fused-ring (bicyclic) bond motifs is 1. The van der Waals surface area contributed by atoms with E-state index in [1.807, 2.05) is 24.3 Å². The van der Waals surface area contributed by atoms with E-state index in [0.717, 1.165) is 28.1 Å². The third kappa shape index (κ3) is 2.37. The van der Waals surface area contributed by atoms with Crippen LogP contribution in [0.2, 0.25) is 0 Å². The summed E-state index contributed by atoms with van der Waals surface area (Å²) in [6.45, 7) is 9.48. The molecule has 0 amide bonds. The molecule has 0 fully saturated rings. The number of benzene rings is 2. The van der Waals surface area contributed by atoms with E-state index >= 15 is 0 Å². The third-order valence-electron chi connectivity index (χ3n) is 3.53. The maximum atomic E-state index is 4.76. The van der Waals surface area contributed by atoms with Crippen LogP contribution in [0.4, 0.5) is 0 Å². The zero-order valence-corrected chi connectivity index (χ0v) is 12.5. The van der Waals surface area contributed by atoms with Crippen molar-refractivity contribution in [3.8, 4) is 5.69 Å².